The maximum atomic E-state index is 10.8. The van der Waals surface area contributed by atoms with Crippen LogP contribution in [0.5, 0.6) is 0 Å². The maximum absolute atomic E-state index is 10.8. The van der Waals surface area contributed by atoms with Crippen molar-refractivity contribution in [1.82, 2.24) is 0 Å². The fourth-order valence-corrected chi connectivity index (χ4v) is 5.47. The van der Waals surface area contributed by atoms with Crippen LogP contribution in [0.3, 0.4) is 0 Å². The van der Waals surface area contributed by atoms with Crippen molar-refractivity contribution in [1.29, 1.82) is 0 Å². The summed E-state index contributed by atoms with van der Waals surface area (Å²) in [7, 11) is 1.84. The lowest BCUT2D eigenvalue weighted by molar-refractivity contribution is -0.179. The molecule has 4 unspecified atom stereocenters. The zero-order valence-electron chi connectivity index (χ0n) is 12.1. The first kappa shape index (κ1) is 12.9. The van der Waals surface area contributed by atoms with Gasteiger partial charge in [0.15, 0.2) is 0 Å². The fourth-order valence-electron chi connectivity index (χ4n) is 5.47. The first-order valence-corrected chi connectivity index (χ1v) is 7.71. The molecule has 0 aliphatic heterocycles. The molecule has 2 heteroatoms. The molecule has 3 fully saturated rings. The zero-order chi connectivity index (χ0) is 13.0. The van der Waals surface area contributed by atoms with Gasteiger partial charge in [-0.05, 0) is 62.2 Å². The standard InChI is InChI=1S/C16H28O2/c1-15-6-4-5-11-9-12(18-3)10-13(14(11)15)16(2,17)8-7-15/h11-14,17H,4-10H2,1-3H3/t11?,12?,13?,14?,15-,16-/m0/s1. The molecule has 2 nitrogen and oxygen atoms in total. The molecule has 0 bridgehead atoms. The van der Waals surface area contributed by atoms with E-state index in [4.69, 9.17) is 4.74 Å². The summed E-state index contributed by atoms with van der Waals surface area (Å²) >= 11 is 0. The summed E-state index contributed by atoms with van der Waals surface area (Å²) in [6, 6.07) is 0. The third kappa shape index (κ3) is 1.84. The summed E-state index contributed by atoms with van der Waals surface area (Å²) < 4.78 is 5.65. The van der Waals surface area contributed by atoms with Crippen LogP contribution in [0, 0.1) is 23.2 Å². The van der Waals surface area contributed by atoms with E-state index in [0.717, 1.165) is 24.7 Å². The predicted molar refractivity (Wildman–Crippen MR) is 72.3 cm³/mol. The number of ether oxygens (including phenoxy) is 1. The molecule has 0 heterocycles. The highest BCUT2D eigenvalue weighted by Gasteiger charge is 2.57. The van der Waals surface area contributed by atoms with E-state index >= 15 is 0 Å². The summed E-state index contributed by atoms with van der Waals surface area (Å²) in [5, 5.41) is 10.8. The van der Waals surface area contributed by atoms with Gasteiger partial charge in [-0.25, -0.2) is 0 Å². The second-order valence-corrected chi connectivity index (χ2v) is 7.62. The summed E-state index contributed by atoms with van der Waals surface area (Å²) in [5.41, 5.74) is 0.0332. The number of aliphatic hydroxyl groups is 1. The van der Waals surface area contributed by atoms with E-state index in [0.29, 0.717) is 17.4 Å². The quantitative estimate of drug-likeness (QED) is 0.775. The number of hydrogen-bond donors (Lipinski definition) is 1. The molecule has 0 amide bonds. The minimum absolute atomic E-state index is 0.378. The summed E-state index contributed by atoms with van der Waals surface area (Å²) in [6.07, 6.45) is 8.98. The molecule has 0 aromatic heterocycles. The molecule has 3 saturated carbocycles. The smallest absolute Gasteiger partial charge is 0.0651 e. The fraction of sp³-hybridized carbons (Fsp3) is 1.00. The van der Waals surface area contributed by atoms with Gasteiger partial charge < -0.3 is 9.84 Å². The second-order valence-electron chi connectivity index (χ2n) is 7.62. The summed E-state index contributed by atoms with van der Waals surface area (Å²) in [4.78, 5) is 0. The van der Waals surface area contributed by atoms with Gasteiger partial charge in [0.1, 0.15) is 0 Å². The highest BCUT2D eigenvalue weighted by atomic mass is 16.5. The van der Waals surface area contributed by atoms with E-state index in [2.05, 4.69) is 13.8 Å². The lowest BCUT2D eigenvalue weighted by Crippen LogP contribution is -2.58. The molecule has 1 N–H and O–H groups in total. The van der Waals surface area contributed by atoms with Gasteiger partial charge in [-0.3, -0.25) is 0 Å². The maximum Gasteiger partial charge on any atom is 0.0651 e. The van der Waals surface area contributed by atoms with Crippen molar-refractivity contribution in [3.05, 3.63) is 0 Å². The lowest BCUT2D eigenvalue weighted by Gasteiger charge is -2.60. The van der Waals surface area contributed by atoms with E-state index in [9.17, 15) is 5.11 Å². The third-order valence-corrected chi connectivity index (χ3v) is 6.49. The van der Waals surface area contributed by atoms with Crippen LogP contribution in [-0.2, 0) is 4.74 Å². The Morgan fingerprint density at radius 3 is 2.61 bits per heavy atom. The summed E-state index contributed by atoms with van der Waals surface area (Å²) in [6.45, 7) is 4.56. The molecule has 0 spiro atoms. The highest BCUT2D eigenvalue weighted by molar-refractivity contribution is 5.07. The Morgan fingerprint density at radius 2 is 1.89 bits per heavy atom. The molecule has 6 atom stereocenters. The number of rotatable bonds is 1. The summed E-state index contributed by atoms with van der Waals surface area (Å²) in [5.74, 6) is 1.99. The third-order valence-electron chi connectivity index (χ3n) is 6.49. The number of hydrogen-bond acceptors (Lipinski definition) is 2. The van der Waals surface area contributed by atoms with Crippen molar-refractivity contribution in [3.8, 4) is 0 Å². The number of methoxy groups -OCH3 is 1. The Hall–Kier alpha value is -0.0800. The molecular weight excluding hydrogens is 224 g/mol. The van der Waals surface area contributed by atoms with E-state index in [1.54, 1.807) is 0 Å². The van der Waals surface area contributed by atoms with Gasteiger partial charge >= 0.3 is 0 Å². The van der Waals surface area contributed by atoms with Gasteiger partial charge in [-0.1, -0.05) is 19.8 Å². The molecule has 3 rings (SSSR count). The van der Waals surface area contributed by atoms with Crippen LogP contribution in [0.15, 0.2) is 0 Å². The van der Waals surface area contributed by atoms with Crippen LogP contribution in [0.4, 0.5) is 0 Å². The van der Waals surface area contributed by atoms with Crippen LogP contribution in [0.1, 0.15) is 58.8 Å². The molecule has 0 radical (unpaired) electrons. The first-order chi connectivity index (χ1) is 8.46. The average molecular weight is 252 g/mol. The van der Waals surface area contributed by atoms with Crippen molar-refractivity contribution in [3.63, 3.8) is 0 Å². The van der Waals surface area contributed by atoms with Crippen molar-refractivity contribution in [2.75, 3.05) is 7.11 Å². The SMILES string of the molecule is COC1CC2CCC[C@@]3(C)CC[C@](C)(O)C(C1)C23. The van der Waals surface area contributed by atoms with Crippen LogP contribution in [0.25, 0.3) is 0 Å². The van der Waals surface area contributed by atoms with Gasteiger partial charge in [0.2, 0.25) is 0 Å². The van der Waals surface area contributed by atoms with Crippen molar-refractivity contribution < 1.29 is 9.84 Å². The Labute approximate surface area is 111 Å². The normalized spacial score (nSPS) is 56.0. The van der Waals surface area contributed by atoms with Gasteiger partial charge in [0.05, 0.1) is 11.7 Å². The topological polar surface area (TPSA) is 29.5 Å². The average Bonchev–Trinajstić information content (AvgIpc) is 2.34. The van der Waals surface area contributed by atoms with Crippen molar-refractivity contribution >= 4 is 0 Å². The molecule has 104 valence electrons. The van der Waals surface area contributed by atoms with E-state index < -0.39 is 5.60 Å². The predicted octanol–water partition coefficient (Wildman–Crippen LogP) is 3.38. The monoisotopic (exact) mass is 252 g/mol. The molecular formula is C16H28O2. The Bertz CT molecular complexity index is 325. The lowest BCUT2D eigenvalue weighted by atomic mass is 9.46. The first-order valence-electron chi connectivity index (χ1n) is 7.71. The molecule has 3 aliphatic rings. The van der Waals surface area contributed by atoms with Crippen molar-refractivity contribution in [2.24, 2.45) is 23.2 Å². The van der Waals surface area contributed by atoms with Crippen LogP contribution < -0.4 is 0 Å². The van der Waals surface area contributed by atoms with E-state index in [1.807, 2.05) is 7.11 Å². The molecule has 0 saturated heterocycles. The highest BCUT2D eigenvalue weighted by Crippen LogP contribution is 2.61. The van der Waals surface area contributed by atoms with Gasteiger partial charge in [0.25, 0.3) is 0 Å². The van der Waals surface area contributed by atoms with Gasteiger partial charge in [-0.2, -0.15) is 0 Å². The Kier molecular flexibility index (Phi) is 3.02. The van der Waals surface area contributed by atoms with Gasteiger partial charge in [0, 0.05) is 7.11 Å². The van der Waals surface area contributed by atoms with Crippen LogP contribution >= 0.6 is 0 Å². The Morgan fingerprint density at radius 1 is 1.11 bits per heavy atom. The van der Waals surface area contributed by atoms with Crippen LogP contribution in [-0.4, -0.2) is 23.9 Å². The van der Waals surface area contributed by atoms with Crippen LogP contribution in [0.2, 0.25) is 0 Å². The Balaban J connectivity index is 1.93. The largest absolute Gasteiger partial charge is 0.390 e. The van der Waals surface area contributed by atoms with E-state index in [-0.39, 0.29) is 0 Å². The molecule has 0 aromatic carbocycles. The zero-order valence-corrected chi connectivity index (χ0v) is 12.1. The minimum Gasteiger partial charge on any atom is -0.390 e. The van der Waals surface area contributed by atoms with E-state index in [1.165, 1.54) is 32.1 Å². The molecule has 18 heavy (non-hydrogen) atoms. The van der Waals surface area contributed by atoms with Gasteiger partial charge in [-0.15, -0.1) is 0 Å². The molecule has 0 aromatic rings. The van der Waals surface area contributed by atoms with Crippen molar-refractivity contribution in [2.45, 2.75) is 70.5 Å². The second kappa shape index (κ2) is 4.21. The minimum atomic E-state index is -0.461. The molecule has 3 aliphatic carbocycles.